The second kappa shape index (κ2) is 4.85. The van der Waals surface area contributed by atoms with Gasteiger partial charge in [0.25, 0.3) is 0 Å². The summed E-state index contributed by atoms with van der Waals surface area (Å²) < 4.78 is 0. The highest BCUT2D eigenvalue weighted by Crippen LogP contribution is 2.28. The van der Waals surface area contributed by atoms with Gasteiger partial charge in [-0.25, -0.2) is 4.98 Å². The Morgan fingerprint density at radius 2 is 2.11 bits per heavy atom. The molecule has 3 rings (SSSR count). The van der Waals surface area contributed by atoms with Crippen LogP contribution in [0.5, 0.6) is 0 Å². The number of nitrogens with zero attached hydrogens (tertiary/aromatic N) is 1. The molecule has 1 aromatic heterocycles. The molecule has 2 unspecified atom stereocenters. The first-order chi connectivity index (χ1) is 9.24. The van der Waals surface area contributed by atoms with E-state index >= 15 is 0 Å². The van der Waals surface area contributed by atoms with Crippen LogP contribution in [-0.2, 0) is 4.79 Å². The van der Waals surface area contributed by atoms with Crippen molar-refractivity contribution >= 4 is 5.97 Å². The van der Waals surface area contributed by atoms with E-state index in [0.717, 1.165) is 17.0 Å². The quantitative estimate of drug-likeness (QED) is 0.783. The van der Waals surface area contributed by atoms with Gasteiger partial charge in [-0.2, -0.15) is 0 Å². The molecule has 3 N–H and O–H groups in total. The minimum atomic E-state index is -0.720. The van der Waals surface area contributed by atoms with Crippen LogP contribution in [0.2, 0.25) is 0 Å². The van der Waals surface area contributed by atoms with Crippen molar-refractivity contribution in [1.29, 1.82) is 0 Å². The Balaban J connectivity index is 1.75. The molecule has 2 heterocycles. The molecule has 1 aromatic carbocycles. The third-order valence-corrected chi connectivity index (χ3v) is 3.56. The standard InChI is InChI=1S/C14H15N3O2/c18-14(19)11-7-12(17-8-11)9-1-3-10(4-2-9)13-15-5-6-16-13/h1-6,11-12,17H,7-8H2,(H,15,16)(H,18,19). The third-order valence-electron chi connectivity index (χ3n) is 3.56. The first kappa shape index (κ1) is 11.9. The van der Waals surface area contributed by atoms with Crippen molar-refractivity contribution in [2.24, 2.45) is 5.92 Å². The summed E-state index contributed by atoms with van der Waals surface area (Å²) in [4.78, 5) is 18.2. The number of aromatic nitrogens is 2. The second-order valence-corrected chi connectivity index (χ2v) is 4.79. The minimum absolute atomic E-state index is 0.131. The first-order valence-electron chi connectivity index (χ1n) is 6.30. The number of carboxylic acids is 1. The van der Waals surface area contributed by atoms with Crippen LogP contribution in [-0.4, -0.2) is 27.6 Å². The topological polar surface area (TPSA) is 78.0 Å². The predicted molar refractivity (Wildman–Crippen MR) is 70.5 cm³/mol. The van der Waals surface area contributed by atoms with Crippen LogP contribution >= 0.6 is 0 Å². The average Bonchev–Trinajstić information content (AvgIpc) is 3.11. The van der Waals surface area contributed by atoms with Crippen LogP contribution in [0, 0.1) is 5.92 Å². The van der Waals surface area contributed by atoms with Gasteiger partial charge < -0.3 is 15.4 Å². The fraction of sp³-hybridized carbons (Fsp3) is 0.286. The number of hydrogen-bond donors (Lipinski definition) is 3. The molecule has 1 saturated heterocycles. The number of rotatable bonds is 3. The molecule has 19 heavy (non-hydrogen) atoms. The zero-order valence-electron chi connectivity index (χ0n) is 10.3. The molecule has 1 aliphatic rings. The summed E-state index contributed by atoms with van der Waals surface area (Å²) in [5.74, 6) is -0.161. The minimum Gasteiger partial charge on any atom is -0.481 e. The van der Waals surface area contributed by atoms with E-state index in [-0.39, 0.29) is 12.0 Å². The van der Waals surface area contributed by atoms with Crippen molar-refractivity contribution in [1.82, 2.24) is 15.3 Å². The number of H-pyrrole nitrogens is 1. The molecule has 0 aliphatic carbocycles. The highest BCUT2D eigenvalue weighted by Gasteiger charge is 2.29. The molecule has 5 nitrogen and oxygen atoms in total. The van der Waals surface area contributed by atoms with Gasteiger partial charge in [0.1, 0.15) is 5.82 Å². The normalized spacial score (nSPS) is 22.5. The summed E-state index contributed by atoms with van der Waals surface area (Å²) in [5.41, 5.74) is 2.15. The molecule has 0 amide bonds. The maximum absolute atomic E-state index is 10.9. The molecule has 2 aromatic rings. The van der Waals surface area contributed by atoms with E-state index < -0.39 is 5.97 Å². The number of aromatic amines is 1. The average molecular weight is 257 g/mol. The lowest BCUT2D eigenvalue weighted by atomic mass is 9.99. The molecule has 98 valence electrons. The molecule has 0 saturated carbocycles. The maximum atomic E-state index is 10.9. The van der Waals surface area contributed by atoms with Crippen LogP contribution < -0.4 is 5.32 Å². The van der Waals surface area contributed by atoms with E-state index in [2.05, 4.69) is 15.3 Å². The van der Waals surface area contributed by atoms with Crippen molar-refractivity contribution in [2.45, 2.75) is 12.5 Å². The fourth-order valence-electron chi connectivity index (χ4n) is 2.47. The Morgan fingerprint density at radius 1 is 1.32 bits per heavy atom. The summed E-state index contributed by atoms with van der Waals surface area (Å²) in [6.45, 7) is 0.542. The van der Waals surface area contributed by atoms with Crippen molar-refractivity contribution in [3.8, 4) is 11.4 Å². The highest BCUT2D eigenvalue weighted by molar-refractivity contribution is 5.70. The van der Waals surface area contributed by atoms with Gasteiger partial charge in [0.2, 0.25) is 0 Å². The van der Waals surface area contributed by atoms with E-state index in [9.17, 15) is 4.79 Å². The zero-order valence-corrected chi connectivity index (χ0v) is 10.3. The zero-order chi connectivity index (χ0) is 13.2. The van der Waals surface area contributed by atoms with E-state index in [1.54, 1.807) is 12.4 Å². The molecule has 2 atom stereocenters. The Hall–Kier alpha value is -2.14. The lowest BCUT2D eigenvalue weighted by Gasteiger charge is -2.10. The fourth-order valence-corrected chi connectivity index (χ4v) is 2.47. The monoisotopic (exact) mass is 257 g/mol. The van der Waals surface area contributed by atoms with Gasteiger partial charge in [-0.15, -0.1) is 0 Å². The molecule has 0 radical (unpaired) electrons. The van der Waals surface area contributed by atoms with Crippen LogP contribution in [0.4, 0.5) is 0 Å². The number of imidazole rings is 1. The molecule has 0 bridgehead atoms. The number of aliphatic carboxylic acids is 1. The third kappa shape index (κ3) is 2.37. The Bertz CT molecular complexity index is 563. The van der Waals surface area contributed by atoms with E-state index in [1.807, 2.05) is 24.3 Å². The Morgan fingerprint density at radius 3 is 2.68 bits per heavy atom. The molecule has 1 fully saturated rings. The predicted octanol–water partition coefficient (Wildman–Crippen LogP) is 1.81. The number of carbonyl (C=O) groups is 1. The number of hydrogen-bond acceptors (Lipinski definition) is 3. The van der Waals surface area contributed by atoms with Crippen LogP contribution in [0.3, 0.4) is 0 Å². The van der Waals surface area contributed by atoms with E-state index in [0.29, 0.717) is 13.0 Å². The lowest BCUT2D eigenvalue weighted by molar-refractivity contribution is -0.141. The summed E-state index contributed by atoms with van der Waals surface area (Å²) in [7, 11) is 0. The summed E-state index contributed by atoms with van der Waals surface area (Å²) >= 11 is 0. The lowest BCUT2D eigenvalue weighted by Crippen LogP contribution is -2.17. The van der Waals surface area contributed by atoms with E-state index in [1.165, 1.54) is 0 Å². The van der Waals surface area contributed by atoms with Crippen LogP contribution in [0.25, 0.3) is 11.4 Å². The molecule has 5 heteroatoms. The maximum Gasteiger partial charge on any atom is 0.307 e. The van der Waals surface area contributed by atoms with Gasteiger partial charge in [-0.1, -0.05) is 24.3 Å². The van der Waals surface area contributed by atoms with Gasteiger partial charge >= 0.3 is 5.97 Å². The largest absolute Gasteiger partial charge is 0.481 e. The van der Waals surface area contributed by atoms with Gasteiger partial charge in [-0.05, 0) is 12.0 Å². The Labute approximate surface area is 110 Å². The van der Waals surface area contributed by atoms with Crippen LogP contribution in [0.15, 0.2) is 36.7 Å². The summed E-state index contributed by atoms with van der Waals surface area (Å²) in [6.07, 6.45) is 4.16. The van der Waals surface area contributed by atoms with Crippen LogP contribution in [0.1, 0.15) is 18.0 Å². The van der Waals surface area contributed by atoms with Gasteiger partial charge in [0.05, 0.1) is 5.92 Å². The van der Waals surface area contributed by atoms with Gasteiger partial charge in [0.15, 0.2) is 0 Å². The second-order valence-electron chi connectivity index (χ2n) is 4.79. The number of nitrogens with one attached hydrogen (secondary N) is 2. The molecular formula is C14H15N3O2. The SMILES string of the molecule is O=C(O)C1CNC(c2ccc(-c3ncc[nH]3)cc2)C1. The van der Waals surface area contributed by atoms with Gasteiger partial charge in [0, 0.05) is 30.5 Å². The first-order valence-corrected chi connectivity index (χ1v) is 6.30. The molecule has 0 spiro atoms. The highest BCUT2D eigenvalue weighted by atomic mass is 16.4. The summed E-state index contributed by atoms with van der Waals surface area (Å²) in [5, 5.41) is 12.2. The van der Waals surface area contributed by atoms with Crippen molar-refractivity contribution in [3.63, 3.8) is 0 Å². The van der Waals surface area contributed by atoms with Crippen molar-refractivity contribution in [2.75, 3.05) is 6.54 Å². The summed E-state index contributed by atoms with van der Waals surface area (Å²) in [6, 6.07) is 8.19. The van der Waals surface area contributed by atoms with Gasteiger partial charge in [-0.3, -0.25) is 4.79 Å². The van der Waals surface area contributed by atoms with Crippen molar-refractivity contribution in [3.05, 3.63) is 42.2 Å². The van der Waals surface area contributed by atoms with Crippen molar-refractivity contribution < 1.29 is 9.90 Å². The number of benzene rings is 1. The Kier molecular flexibility index (Phi) is 3.05. The molecule has 1 aliphatic heterocycles. The van der Waals surface area contributed by atoms with E-state index in [4.69, 9.17) is 5.11 Å². The molecular weight excluding hydrogens is 242 g/mol. The number of carboxylic acid groups (broad SMARTS) is 1. The smallest absolute Gasteiger partial charge is 0.307 e.